The third-order valence-corrected chi connectivity index (χ3v) is 3.71. The first-order chi connectivity index (χ1) is 11.0. The lowest BCUT2D eigenvalue weighted by Crippen LogP contribution is -2.13. The Bertz CT molecular complexity index is 705. The summed E-state index contributed by atoms with van der Waals surface area (Å²) in [6.45, 7) is 0. The molecule has 2 aromatic rings. The van der Waals surface area contributed by atoms with Crippen LogP contribution < -0.4 is 5.32 Å². The topological polar surface area (TPSA) is 55.4 Å². The first-order valence-corrected chi connectivity index (χ1v) is 7.43. The molecule has 2 aromatic carbocycles. The molecule has 2 rings (SSSR count). The molecular weight excluding hydrogens is 324 g/mol. The maximum atomic E-state index is 12.5. The number of hydrogen-bond acceptors (Lipinski definition) is 4. The number of nitrogens with one attached hydrogen (secondary N) is 1. The summed E-state index contributed by atoms with van der Waals surface area (Å²) in [7, 11) is 1.26. The quantitative estimate of drug-likeness (QED) is 0.661. The van der Waals surface area contributed by atoms with E-state index in [-0.39, 0.29) is 4.90 Å². The first kappa shape index (κ1) is 17.0. The number of para-hydroxylation sites is 1. The summed E-state index contributed by atoms with van der Waals surface area (Å²) < 4.78 is 29.6. The van der Waals surface area contributed by atoms with Crippen molar-refractivity contribution in [3.05, 3.63) is 59.7 Å². The second-order valence-corrected chi connectivity index (χ2v) is 5.43. The standard InChI is InChI=1S/C16H13F2NO3S/c1-22-15(21)11-8-6-10(7-9-11)14(20)19-12-4-2-3-5-13(12)23-16(17)18/h2-9,16H,1H3,(H,19,20). The van der Waals surface area contributed by atoms with E-state index < -0.39 is 17.6 Å². The fourth-order valence-electron chi connectivity index (χ4n) is 1.84. The Kier molecular flexibility index (Phi) is 5.70. The van der Waals surface area contributed by atoms with E-state index in [1.165, 1.54) is 37.4 Å². The lowest BCUT2D eigenvalue weighted by molar-refractivity contribution is 0.0600. The van der Waals surface area contributed by atoms with Gasteiger partial charge < -0.3 is 10.1 Å². The average Bonchev–Trinajstić information content (AvgIpc) is 2.55. The van der Waals surface area contributed by atoms with Crippen LogP contribution in [0.25, 0.3) is 0 Å². The highest BCUT2D eigenvalue weighted by Gasteiger charge is 2.13. The summed E-state index contributed by atoms with van der Waals surface area (Å²) in [5.41, 5.74) is 0.923. The summed E-state index contributed by atoms with van der Waals surface area (Å²) in [6.07, 6.45) is 0. The van der Waals surface area contributed by atoms with Gasteiger partial charge in [-0.1, -0.05) is 23.9 Å². The smallest absolute Gasteiger partial charge is 0.337 e. The lowest BCUT2D eigenvalue weighted by Gasteiger charge is -2.10. The number of alkyl halides is 2. The fourth-order valence-corrected chi connectivity index (χ4v) is 2.43. The Labute approximate surface area is 135 Å². The molecule has 0 heterocycles. The number of rotatable bonds is 5. The second-order valence-electron chi connectivity index (χ2n) is 4.40. The maximum Gasteiger partial charge on any atom is 0.337 e. The fraction of sp³-hybridized carbons (Fsp3) is 0.125. The molecule has 1 N–H and O–H groups in total. The molecule has 1 amide bonds. The number of ether oxygens (including phenoxy) is 1. The highest BCUT2D eigenvalue weighted by Crippen LogP contribution is 2.31. The summed E-state index contributed by atoms with van der Waals surface area (Å²) >= 11 is 0.362. The molecule has 0 unspecified atom stereocenters. The molecule has 0 saturated carbocycles. The molecule has 0 atom stereocenters. The van der Waals surface area contributed by atoms with Crippen LogP contribution in [-0.4, -0.2) is 24.7 Å². The minimum absolute atomic E-state index is 0.280. The molecule has 4 nitrogen and oxygen atoms in total. The number of anilines is 1. The molecule has 0 fully saturated rings. The van der Waals surface area contributed by atoms with Crippen molar-refractivity contribution in [1.82, 2.24) is 0 Å². The van der Waals surface area contributed by atoms with E-state index in [0.717, 1.165) is 0 Å². The molecule has 0 bridgehead atoms. The Morgan fingerprint density at radius 1 is 1.04 bits per heavy atom. The monoisotopic (exact) mass is 337 g/mol. The summed E-state index contributed by atoms with van der Waals surface area (Å²) in [4.78, 5) is 23.8. The Balaban J connectivity index is 2.15. The molecular formula is C16H13F2NO3S. The predicted molar refractivity (Wildman–Crippen MR) is 84.0 cm³/mol. The van der Waals surface area contributed by atoms with Gasteiger partial charge in [-0.3, -0.25) is 4.79 Å². The number of hydrogen-bond donors (Lipinski definition) is 1. The van der Waals surface area contributed by atoms with Gasteiger partial charge in [0.1, 0.15) is 0 Å². The molecule has 23 heavy (non-hydrogen) atoms. The molecule has 0 aliphatic heterocycles. The molecule has 120 valence electrons. The van der Waals surface area contributed by atoms with Crippen LogP contribution in [-0.2, 0) is 4.74 Å². The second kappa shape index (κ2) is 7.73. The van der Waals surface area contributed by atoms with Gasteiger partial charge >= 0.3 is 5.97 Å². The van der Waals surface area contributed by atoms with Gasteiger partial charge in [0, 0.05) is 10.5 Å². The van der Waals surface area contributed by atoms with Crippen molar-refractivity contribution < 1.29 is 23.1 Å². The Morgan fingerprint density at radius 2 is 1.65 bits per heavy atom. The van der Waals surface area contributed by atoms with Crippen LogP contribution >= 0.6 is 11.8 Å². The van der Waals surface area contributed by atoms with Gasteiger partial charge in [0.15, 0.2) is 0 Å². The van der Waals surface area contributed by atoms with Gasteiger partial charge in [0.25, 0.3) is 11.7 Å². The Hall–Kier alpha value is -2.41. The summed E-state index contributed by atoms with van der Waals surface area (Å²) in [5, 5.41) is 2.59. The van der Waals surface area contributed by atoms with Crippen LogP contribution in [0.15, 0.2) is 53.4 Å². The molecule has 0 saturated heterocycles. The van der Waals surface area contributed by atoms with Crippen LogP contribution in [0, 0.1) is 0 Å². The van der Waals surface area contributed by atoms with Crippen LogP contribution in [0.4, 0.5) is 14.5 Å². The van der Waals surface area contributed by atoms with Crippen molar-refractivity contribution in [3.8, 4) is 0 Å². The number of carbonyl (C=O) groups excluding carboxylic acids is 2. The van der Waals surface area contributed by atoms with Crippen molar-refractivity contribution >= 4 is 29.3 Å². The predicted octanol–water partition coefficient (Wildman–Crippen LogP) is 4.04. The van der Waals surface area contributed by atoms with Crippen molar-refractivity contribution in [2.24, 2.45) is 0 Å². The highest BCUT2D eigenvalue weighted by molar-refractivity contribution is 7.99. The van der Waals surface area contributed by atoms with Crippen LogP contribution in [0.2, 0.25) is 0 Å². The van der Waals surface area contributed by atoms with E-state index in [4.69, 9.17) is 0 Å². The summed E-state index contributed by atoms with van der Waals surface area (Å²) in [6, 6.07) is 12.2. The number of amides is 1. The Morgan fingerprint density at radius 3 is 2.26 bits per heavy atom. The van der Waals surface area contributed by atoms with E-state index in [1.54, 1.807) is 18.2 Å². The summed E-state index contributed by atoms with van der Waals surface area (Å²) in [5.74, 6) is -3.54. The average molecular weight is 337 g/mol. The van der Waals surface area contributed by atoms with E-state index in [9.17, 15) is 18.4 Å². The minimum atomic E-state index is -2.58. The van der Waals surface area contributed by atoms with Gasteiger partial charge in [0.2, 0.25) is 0 Å². The first-order valence-electron chi connectivity index (χ1n) is 6.55. The van der Waals surface area contributed by atoms with Crippen molar-refractivity contribution in [1.29, 1.82) is 0 Å². The van der Waals surface area contributed by atoms with E-state index in [0.29, 0.717) is 28.6 Å². The zero-order valence-electron chi connectivity index (χ0n) is 12.1. The number of thioether (sulfide) groups is 1. The van der Waals surface area contributed by atoms with Crippen LogP contribution in [0.3, 0.4) is 0 Å². The third-order valence-electron chi connectivity index (χ3n) is 2.92. The van der Waals surface area contributed by atoms with Crippen molar-refractivity contribution in [2.75, 3.05) is 12.4 Å². The number of esters is 1. The number of carbonyl (C=O) groups is 2. The molecule has 7 heteroatoms. The van der Waals surface area contributed by atoms with Gasteiger partial charge in [-0.15, -0.1) is 0 Å². The number of halogens is 2. The zero-order chi connectivity index (χ0) is 16.8. The number of methoxy groups -OCH3 is 1. The third kappa shape index (κ3) is 4.53. The van der Waals surface area contributed by atoms with E-state index in [2.05, 4.69) is 10.1 Å². The maximum absolute atomic E-state index is 12.5. The molecule has 0 aromatic heterocycles. The largest absolute Gasteiger partial charge is 0.465 e. The molecule has 0 aliphatic carbocycles. The highest BCUT2D eigenvalue weighted by atomic mass is 32.2. The lowest BCUT2D eigenvalue weighted by atomic mass is 10.1. The van der Waals surface area contributed by atoms with Crippen molar-refractivity contribution in [3.63, 3.8) is 0 Å². The van der Waals surface area contributed by atoms with Gasteiger partial charge in [-0.25, -0.2) is 4.79 Å². The van der Waals surface area contributed by atoms with E-state index >= 15 is 0 Å². The SMILES string of the molecule is COC(=O)c1ccc(C(=O)Nc2ccccc2SC(F)F)cc1. The minimum Gasteiger partial charge on any atom is -0.465 e. The normalized spacial score (nSPS) is 10.4. The van der Waals surface area contributed by atoms with Gasteiger partial charge in [0.05, 0.1) is 18.4 Å². The molecule has 0 radical (unpaired) electrons. The molecule has 0 spiro atoms. The van der Waals surface area contributed by atoms with Crippen LogP contribution in [0.1, 0.15) is 20.7 Å². The number of benzene rings is 2. The molecule has 0 aliphatic rings. The zero-order valence-corrected chi connectivity index (χ0v) is 12.9. The van der Waals surface area contributed by atoms with Crippen molar-refractivity contribution in [2.45, 2.75) is 10.7 Å². The van der Waals surface area contributed by atoms with Gasteiger partial charge in [-0.2, -0.15) is 8.78 Å². The van der Waals surface area contributed by atoms with Gasteiger partial charge in [-0.05, 0) is 36.4 Å². The van der Waals surface area contributed by atoms with Crippen LogP contribution in [0.5, 0.6) is 0 Å². The van der Waals surface area contributed by atoms with E-state index in [1.807, 2.05) is 0 Å².